The summed E-state index contributed by atoms with van der Waals surface area (Å²) < 4.78 is 1.37. The molecule has 14 heavy (non-hydrogen) atoms. The molecule has 0 aliphatic rings. The number of amides is 1. The molecule has 0 radical (unpaired) electrons. The molecule has 0 unspecified atom stereocenters. The Balaban J connectivity index is 2.67. The Morgan fingerprint density at radius 1 is 1.57 bits per heavy atom. The van der Waals surface area contributed by atoms with Crippen molar-refractivity contribution in [3.63, 3.8) is 0 Å². The van der Waals surface area contributed by atoms with Crippen molar-refractivity contribution in [3.05, 3.63) is 24.0 Å². The average molecular weight is 192 g/mol. The van der Waals surface area contributed by atoms with Gasteiger partial charge in [-0.15, -0.1) is 0 Å². The van der Waals surface area contributed by atoms with E-state index in [4.69, 9.17) is 11.6 Å². The third-order valence-electron chi connectivity index (χ3n) is 1.83. The van der Waals surface area contributed by atoms with Gasteiger partial charge in [0.2, 0.25) is 0 Å². The molecule has 72 valence electrons. The molecule has 0 aromatic carbocycles. The number of nitrogen functional groups attached to an aromatic ring is 2. The van der Waals surface area contributed by atoms with Crippen molar-refractivity contribution in [2.75, 3.05) is 5.73 Å². The summed E-state index contributed by atoms with van der Waals surface area (Å²) in [5.74, 6) is 4.70. The van der Waals surface area contributed by atoms with E-state index in [9.17, 15) is 4.79 Å². The third kappa shape index (κ3) is 1.07. The van der Waals surface area contributed by atoms with Gasteiger partial charge in [-0.2, -0.15) is 9.61 Å². The number of hydrazine groups is 1. The molecule has 7 nitrogen and oxygen atoms in total. The van der Waals surface area contributed by atoms with Gasteiger partial charge in [0.1, 0.15) is 11.4 Å². The Bertz CT molecular complexity index is 490. The summed E-state index contributed by atoms with van der Waals surface area (Å²) in [4.78, 5) is 15.2. The van der Waals surface area contributed by atoms with E-state index < -0.39 is 5.91 Å². The van der Waals surface area contributed by atoms with E-state index in [1.807, 2.05) is 5.43 Å². The van der Waals surface area contributed by atoms with Crippen molar-refractivity contribution in [3.8, 4) is 0 Å². The predicted molar refractivity (Wildman–Crippen MR) is 49.1 cm³/mol. The SMILES string of the molecule is NNC(=O)c1cnc2ccnn2c1N. The van der Waals surface area contributed by atoms with E-state index in [0.29, 0.717) is 5.65 Å². The Kier molecular flexibility index (Phi) is 1.79. The molecule has 0 fully saturated rings. The van der Waals surface area contributed by atoms with Crippen LogP contribution in [0.2, 0.25) is 0 Å². The predicted octanol–water partition coefficient (Wildman–Crippen LogP) is -1.09. The zero-order valence-corrected chi connectivity index (χ0v) is 7.14. The van der Waals surface area contributed by atoms with Crippen molar-refractivity contribution in [1.29, 1.82) is 0 Å². The standard InChI is InChI=1S/C7H8N6O/c8-6-4(7(14)12-9)3-10-5-1-2-11-13(5)6/h1-3H,8-9H2,(H,12,14). The second-order valence-electron chi connectivity index (χ2n) is 2.63. The zero-order chi connectivity index (χ0) is 10.1. The second kappa shape index (κ2) is 2.96. The quantitative estimate of drug-likeness (QED) is 0.302. The molecular formula is C7H8N6O. The number of aromatic nitrogens is 3. The van der Waals surface area contributed by atoms with Crippen LogP contribution in [0.3, 0.4) is 0 Å². The largest absolute Gasteiger partial charge is 0.383 e. The van der Waals surface area contributed by atoms with Crippen molar-refractivity contribution in [2.24, 2.45) is 5.84 Å². The highest BCUT2D eigenvalue weighted by atomic mass is 16.2. The fourth-order valence-electron chi connectivity index (χ4n) is 1.14. The molecular weight excluding hydrogens is 184 g/mol. The van der Waals surface area contributed by atoms with Gasteiger partial charge < -0.3 is 5.73 Å². The Labute approximate surface area is 78.7 Å². The number of hydrogen-bond acceptors (Lipinski definition) is 5. The molecule has 0 aliphatic carbocycles. The van der Waals surface area contributed by atoms with Gasteiger partial charge in [0.05, 0.1) is 6.20 Å². The van der Waals surface area contributed by atoms with E-state index in [0.717, 1.165) is 0 Å². The van der Waals surface area contributed by atoms with Crippen molar-refractivity contribution in [2.45, 2.75) is 0 Å². The first-order valence-corrected chi connectivity index (χ1v) is 3.83. The van der Waals surface area contributed by atoms with Crippen LogP contribution in [0, 0.1) is 0 Å². The van der Waals surface area contributed by atoms with Crippen LogP contribution >= 0.6 is 0 Å². The van der Waals surface area contributed by atoms with Crippen LogP contribution in [0.4, 0.5) is 5.82 Å². The first kappa shape index (κ1) is 8.45. The number of carbonyl (C=O) groups is 1. The molecule has 2 aromatic rings. The van der Waals surface area contributed by atoms with Gasteiger partial charge in [0.15, 0.2) is 5.65 Å². The van der Waals surface area contributed by atoms with Gasteiger partial charge in [-0.1, -0.05) is 0 Å². The third-order valence-corrected chi connectivity index (χ3v) is 1.83. The molecule has 7 heteroatoms. The van der Waals surface area contributed by atoms with Crippen LogP contribution < -0.4 is 17.0 Å². The van der Waals surface area contributed by atoms with E-state index >= 15 is 0 Å². The highest BCUT2D eigenvalue weighted by Crippen LogP contribution is 2.11. The highest BCUT2D eigenvalue weighted by molar-refractivity contribution is 5.97. The lowest BCUT2D eigenvalue weighted by Crippen LogP contribution is -2.31. The zero-order valence-electron chi connectivity index (χ0n) is 7.14. The van der Waals surface area contributed by atoms with Gasteiger partial charge in [0.25, 0.3) is 5.91 Å². The molecule has 0 atom stereocenters. The number of nitrogens with one attached hydrogen (secondary N) is 1. The normalized spacial score (nSPS) is 10.4. The van der Waals surface area contributed by atoms with Crippen LogP contribution in [0.5, 0.6) is 0 Å². The summed E-state index contributed by atoms with van der Waals surface area (Å²) in [6.45, 7) is 0. The van der Waals surface area contributed by atoms with Crippen LogP contribution in [0.1, 0.15) is 10.4 Å². The van der Waals surface area contributed by atoms with Crippen molar-refractivity contribution < 1.29 is 4.79 Å². The summed E-state index contributed by atoms with van der Waals surface area (Å²) in [5.41, 5.74) is 8.44. The lowest BCUT2D eigenvalue weighted by Gasteiger charge is -2.04. The Hall–Kier alpha value is -2.15. The molecule has 0 spiro atoms. The smallest absolute Gasteiger partial charge is 0.270 e. The molecule has 0 saturated heterocycles. The second-order valence-corrected chi connectivity index (χ2v) is 2.63. The molecule has 0 bridgehead atoms. The van der Waals surface area contributed by atoms with Crippen LogP contribution in [0.15, 0.2) is 18.5 Å². The molecule has 2 aromatic heterocycles. The fraction of sp³-hybridized carbons (Fsp3) is 0. The monoisotopic (exact) mass is 192 g/mol. The maximum Gasteiger partial charge on any atom is 0.270 e. The maximum absolute atomic E-state index is 11.2. The van der Waals surface area contributed by atoms with Gasteiger partial charge in [-0.05, 0) is 0 Å². The minimum absolute atomic E-state index is 0.198. The summed E-state index contributed by atoms with van der Waals surface area (Å²) in [5, 5.41) is 3.90. The summed E-state index contributed by atoms with van der Waals surface area (Å²) in [7, 11) is 0. The van der Waals surface area contributed by atoms with Gasteiger partial charge in [-0.25, -0.2) is 10.8 Å². The Morgan fingerprint density at radius 3 is 3.07 bits per heavy atom. The minimum atomic E-state index is -0.493. The summed E-state index contributed by atoms with van der Waals surface area (Å²) in [6, 6.07) is 1.68. The number of hydrogen-bond donors (Lipinski definition) is 3. The topological polar surface area (TPSA) is 111 Å². The average Bonchev–Trinajstić information content (AvgIpc) is 2.66. The molecule has 5 N–H and O–H groups in total. The molecule has 2 rings (SSSR count). The summed E-state index contributed by atoms with van der Waals surface area (Å²) >= 11 is 0. The summed E-state index contributed by atoms with van der Waals surface area (Å²) in [6.07, 6.45) is 2.90. The molecule has 0 saturated carbocycles. The minimum Gasteiger partial charge on any atom is -0.383 e. The van der Waals surface area contributed by atoms with Gasteiger partial charge in [0, 0.05) is 12.3 Å². The number of nitrogens with two attached hydrogens (primary N) is 2. The lowest BCUT2D eigenvalue weighted by molar-refractivity contribution is 0.0954. The molecule has 0 aliphatic heterocycles. The highest BCUT2D eigenvalue weighted by Gasteiger charge is 2.12. The maximum atomic E-state index is 11.2. The van der Waals surface area contributed by atoms with E-state index in [2.05, 4.69) is 10.1 Å². The van der Waals surface area contributed by atoms with E-state index in [1.165, 1.54) is 10.7 Å². The first-order valence-electron chi connectivity index (χ1n) is 3.83. The van der Waals surface area contributed by atoms with Crippen molar-refractivity contribution >= 4 is 17.4 Å². The number of rotatable bonds is 1. The lowest BCUT2D eigenvalue weighted by atomic mass is 10.3. The van der Waals surface area contributed by atoms with Crippen molar-refractivity contribution in [1.82, 2.24) is 20.0 Å². The van der Waals surface area contributed by atoms with Crippen LogP contribution in [-0.2, 0) is 0 Å². The fourth-order valence-corrected chi connectivity index (χ4v) is 1.14. The van der Waals surface area contributed by atoms with Gasteiger partial charge >= 0.3 is 0 Å². The van der Waals surface area contributed by atoms with Crippen LogP contribution in [0.25, 0.3) is 5.65 Å². The van der Waals surface area contributed by atoms with E-state index in [-0.39, 0.29) is 11.4 Å². The first-order chi connectivity index (χ1) is 6.74. The number of anilines is 1. The van der Waals surface area contributed by atoms with Crippen LogP contribution in [-0.4, -0.2) is 20.5 Å². The molecule has 2 heterocycles. The molecule has 1 amide bonds. The Morgan fingerprint density at radius 2 is 2.36 bits per heavy atom. The number of nitrogens with zero attached hydrogens (tertiary/aromatic N) is 3. The van der Waals surface area contributed by atoms with E-state index in [1.54, 1.807) is 12.3 Å². The number of carbonyl (C=O) groups excluding carboxylic acids is 1. The van der Waals surface area contributed by atoms with Gasteiger partial charge in [-0.3, -0.25) is 10.2 Å². The number of fused-ring (bicyclic) bond motifs is 1.